The van der Waals surface area contributed by atoms with E-state index in [9.17, 15) is 9.59 Å². The van der Waals surface area contributed by atoms with E-state index in [1.807, 2.05) is 0 Å². The molecule has 7 nitrogen and oxygen atoms in total. The number of rotatable bonds is 7. The van der Waals surface area contributed by atoms with E-state index >= 15 is 0 Å². The fraction of sp³-hybridized carbons (Fsp3) is 0.667. The summed E-state index contributed by atoms with van der Waals surface area (Å²) >= 11 is 0. The Morgan fingerprint density at radius 1 is 1.54 bits per heavy atom. The van der Waals surface area contributed by atoms with Gasteiger partial charge in [0.25, 0.3) is 0 Å². The van der Waals surface area contributed by atoms with Gasteiger partial charge in [-0.3, -0.25) is 9.59 Å². The Hall–Kier alpha value is -1.59. The highest BCUT2D eigenvalue weighted by Gasteiger charge is 2.06. The van der Waals surface area contributed by atoms with Crippen molar-refractivity contribution in [2.75, 3.05) is 19.8 Å². The first-order valence-corrected chi connectivity index (χ1v) is 3.49. The maximum absolute atomic E-state index is 10.7. The Morgan fingerprint density at radius 2 is 2.23 bits per heavy atom. The lowest BCUT2D eigenvalue weighted by Crippen LogP contribution is -2.14. The summed E-state index contributed by atoms with van der Waals surface area (Å²) in [5.41, 5.74) is 7.85. The minimum atomic E-state index is -1.18. The number of hydrogen-bond acceptors (Lipinski definition) is 4. The largest absolute Gasteiger partial charge is 0.481 e. The summed E-state index contributed by atoms with van der Waals surface area (Å²) in [5, 5.41) is 11.3. The first-order valence-electron chi connectivity index (χ1n) is 3.49. The number of nitrogens with zero attached hydrogens (tertiary/aromatic N) is 3. The average Bonchev–Trinajstić information content (AvgIpc) is 2.02. The van der Waals surface area contributed by atoms with Crippen LogP contribution in [-0.2, 0) is 14.3 Å². The lowest BCUT2D eigenvalue weighted by molar-refractivity contribution is -0.141. The van der Waals surface area contributed by atoms with Crippen LogP contribution in [0.4, 0.5) is 0 Å². The Kier molecular flexibility index (Phi) is 6.21. The molecule has 0 amide bonds. The van der Waals surface area contributed by atoms with Crippen molar-refractivity contribution in [2.45, 2.75) is 6.42 Å². The fourth-order valence-corrected chi connectivity index (χ4v) is 0.556. The van der Waals surface area contributed by atoms with Gasteiger partial charge in [0.05, 0.1) is 6.61 Å². The Bertz CT molecular complexity index is 234. The van der Waals surface area contributed by atoms with Gasteiger partial charge in [-0.05, 0) is 5.53 Å². The molecule has 13 heavy (non-hydrogen) atoms. The van der Waals surface area contributed by atoms with Gasteiger partial charge in [-0.2, -0.15) is 0 Å². The van der Waals surface area contributed by atoms with Crippen LogP contribution in [0.2, 0.25) is 0 Å². The van der Waals surface area contributed by atoms with Gasteiger partial charge in [-0.25, -0.2) is 0 Å². The number of carbonyl (C=O) groups excluding carboxylic acids is 1. The highest BCUT2D eigenvalue weighted by atomic mass is 16.5. The zero-order chi connectivity index (χ0) is 10.1. The summed E-state index contributed by atoms with van der Waals surface area (Å²) in [5.74, 6) is -1.68. The second-order valence-electron chi connectivity index (χ2n) is 2.12. The minimum Gasteiger partial charge on any atom is -0.481 e. The summed E-state index contributed by atoms with van der Waals surface area (Å²) in [4.78, 5) is 23.1. The van der Waals surface area contributed by atoms with Crippen molar-refractivity contribution in [1.82, 2.24) is 0 Å². The zero-order valence-corrected chi connectivity index (χ0v) is 6.84. The molecule has 0 unspecified atom stereocenters. The van der Waals surface area contributed by atoms with Gasteiger partial charge in [0, 0.05) is 11.5 Å². The maximum atomic E-state index is 10.7. The van der Waals surface area contributed by atoms with Crippen molar-refractivity contribution >= 4 is 11.8 Å². The molecule has 0 spiro atoms. The topological polar surface area (TPSA) is 112 Å². The average molecular weight is 187 g/mol. The van der Waals surface area contributed by atoms with E-state index in [1.54, 1.807) is 0 Å². The molecular weight excluding hydrogens is 178 g/mol. The summed E-state index contributed by atoms with van der Waals surface area (Å²) in [7, 11) is 0. The summed E-state index contributed by atoms with van der Waals surface area (Å²) in [6.45, 7) is -0.000477. The molecule has 0 heterocycles. The van der Waals surface area contributed by atoms with Gasteiger partial charge in [-0.1, -0.05) is 5.11 Å². The fourth-order valence-electron chi connectivity index (χ4n) is 0.556. The standard InChI is InChI=1S/C6H9N3O4/c7-9-8-1-2-13-4-5(10)3-6(11)12/h1-4H2,(H,11,12). The van der Waals surface area contributed by atoms with Crippen molar-refractivity contribution in [3.8, 4) is 0 Å². The number of azide groups is 1. The maximum Gasteiger partial charge on any atom is 0.310 e. The van der Waals surface area contributed by atoms with Crippen molar-refractivity contribution in [3.05, 3.63) is 10.4 Å². The third kappa shape index (κ3) is 8.32. The number of hydrogen-bond donors (Lipinski definition) is 1. The lowest BCUT2D eigenvalue weighted by Gasteiger charge is -1.98. The smallest absolute Gasteiger partial charge is 0.310 e. The first kappa shape index (κ1) is 11.4. The predicted molar refractivity (Wildman–Crippen MR) is 42.1 cm³/mol. The molecule has 0 saturated carbocycles. The molecule has 0 aromatic heterocycles. The van der Waals surface area contributed by atoms with Crippen LogP contribution in [0, 0.1) is 0 Å². The summed E-state index contributed by atoms with van der Waals surface area (Å²) in [6, 6.07) is 0. The minimum absolute atomic E-state index is 0.120. The number of ketones is 1. The zero-order valence-electron chi connectivity index (χ0n) is 6.84. The van der Waals surface area contributed by atoms with Gasteiger partial charge < -0.3 is 9.84 Å². The molecule has 0 fully saturated rings. The van der Waals surface area contributed by atoms with Gasteiger partial charge >= 0.3 is 5.97 Å². The molecular formula is C6H9N3O4. The number of carboxylic acid groups (broad SMARTS) is 1. The van der Waals surface area contributed by atoms with E-state index in [0.29, 0.717) is 0 Å². The molecule has 1 N–H and O–H groups in total. The molecule has 0 saturated heterocycles. The molecule has 0 bridgehead atoms. The number of carboxylic acids is 1. The van der Waals surface area contributed by atoms with Crippen LogP contribution in [0.1, 0.15) is 6.42 Å². The van der Waals surface area contributed by atoms with E-state index in [0.717, 1.165) is 0 Å². The molecule has 7 heteroatoms. The number of carbonyl (C=O) groups is 2. The highest BCUT2D eigenvalue weighted by molar-refractivity contribution is 5.95. The van der Waals surface area contributed by atoms with Gasteiger partial charge in [0.2, 0.25) is 0 Å². The first-order chi connectivity index (χ1) is 6.16. The molecule has 0 aliphatic carbocycles. The molecule has 0 aromatic carbocycles. The van der Waals surface area contributed by atoms with Crippen LogP contribution < -0.4 is 0 Å². The van der Waals surface area contributed by atoms with Crippen LogP contribution in [0.15, 0.2) is 5.11 Å². The number of aliphatic carboxylic acids is 1. The van der Waals surface area contributed by atoms with Crippen LogP contribution in [0.25, 0.3) is 10.4 Å². The third-order valence-corrected chi connectivity index (χ3v) is 1.01. The van der Waals surface area contributed by atoms with Gasteiger partial charge in [0.15, 0.2) is 5.78 Å². The molecule has 72 valence electrons. The van der Waals surface area contributed by atoms with Gasteiger partial charge in [0.1, 0.15) is 13.0 Å². The van der Waals surface area contributed by atoms with Crippen molar-refractivity contribution in [2.24, 2.45) is 5.11 Å². The normalized spacial score (nSPS) is 8.92. The van der Waals surface area contributed by atoms with E-state index in [-0.39, 0.29) is 19.8 Å². The Morgan fingerprint density at radius 3 is 2.77 bits per heavy atom. The highest BCUT2D eigenvalue weighted by Crippen LogP contribution is 1.85. The van der Waals surface area contributed by atoms with Crippen LogP contribution in [-0.4, -0.2) is 36.6 Å². The van der Waals surface area contributed by atoms with Crippen molar-refractivity contribution < 1.29 is 19.4 Å². The van der Waals surface area contributed by atoms with Crippen LogP contribution in [0.5, 0.6) is 0 Å². The summed E-state index contributed by atoms with van der Waals surface area (Å²) < 4.78 is 4.72. The SMILES string of the molecule is [N-]=[N+]=NCCOCC(=O)CC(=O)O. The van der Waals surface area contributed by atoms with E-state index in [1.165, 1.54) is 0 Å². The second kappa shape index (κ2) is 7.08. The molecule has 0 rings (SSSR count). The molecule has 0 aliphatic heterocycles. The molecule has 0 aliphatic rings. The molecule has 0 aromatic rings. The molecule has 0 radical (unpaired) electrons. The van der Waals surface area contributed by atoms with Crippen molar-refractivity contribution in [1.29, 1.82) is 0 Å². The van der Waals surface area contributed by atoms with Gasteiger partial charge in [-0.15, -0.1) is 0 Å². The quantitative estimate of drug-likeness (QED) is 0.204. The third-order valence-electron chi connectivity index (χ3n) is 1.01. The Labute approximate surface area is 73.9 Å². The van der Waals surface area contributed by atoms with Crippen LogP contribution >= 0.6 is 0 Å². The summed E-state index contributed by atoms with van der Waals surface area (Å²) in [6.07, 6.45) is -0.540. The van der Waals surface area contributed by atoms with Crippen molar-refractivity contribution in [3.63, 3.8) is 0 Å². The van der Waals surface area contributed by atoms with Crippen LogP contribution in [0.3, 0.4) is 0 Å². The number of Topliss-reactive ketones (excluding diaryl/α,β-unsaturated/α-hetero) is 1. The lowest BCUT2D eigenvalue weighted by atomic mass is 10.3. The molecule has 0 atom stereocenters. The number of ether oxygens (including phenoxy) is 1. The predicted octanol–water partition coefficient (Wildman–Crippen LogP) is 0.357. The Balaban J connectivity index is 3.37. The van der Waals surface area contributed by atoms with E-state index in [2.05, 4.69) is 10.0 Å². The monoisotopic (exact) mass is 187 g/mol. The second-order valence-corrected chi connectivity index (χ2v) is 2.12. The van der Waals surface area contributed by atoms with E-state index in [4.69, 9.17) is 15.4 Å². The van der Waals surface area contributed by atoms with E-state index < -0.39 is 18.2 Å².